The first-order chi connectivity index (χ1) is 8.69. The molecule has 1 fully saturated rings. The first-order valence-corrected chi connectivity index (χ1v) is 6.26. The molecule has 4 nitrogen and oxygen atoms in total. The number of hydrogen-bond donors (Lipinski definition) is 1. The van der Waals surface area contributed by atoms with Gasteiger partial charge in [0.05, 0.1) is 13.2 Å². The quantitative estimate of drug-likeness (QED) is 0.838. The Bertz CT molecular complexity index is 398. The zero-order valence-electron chi connectivity index (χ0n) is 10.8. The van der Waals surface area contributed by atoms with Gasteiger partial charge in [-0.3, -0.25) is 4.79 Å². The Labute approximate surface area is 107 Å². The summed E-state index contributed by atoms with van der Waals surface area (Å²) in [7, 11) is 1.63. The number of carbonyl (C=O) groups is 1. The molecule has 0 bridgehead atoms. The standard InChI is InChI=1S/C14H19NO3/c1-10(15-14(16)11-3-4-11)9-18-13-7-5-12(17-2)6-8-13/h5-8,10-11H,3-4,9H2,1-2H3,(H,15,16)/t10-/m1/s1. The minimum absolute atomic E-state index is 0.0280. The van der Waals surface area contributed by atoms with Gasteiger partial charge in [0, 0.05) is 5.92 Å². The molecule has 0 aromatic heterocycles. The first kappa shape index (κ1) is 12.7. The van der Waals surface area contributed by atoms with Crippen molar-refractivity contribution in [3.05, 3.63) is 24.3 Å². The molecule has 1 amide bonds. The first-order valence-electron chi connectivity index (χ1n) is 6.26. The van der Waals surface area contributed by atoms with Crippen molar-refractivity contribution >= 4 is 5.91 Å². The lowest BCUT2D eigenvalue weighted by atomic mass is 10.3. The van der Waals surface area contributed by atoms with Crippen molar-refractivity contribution in [2.75, 3.05) is 13.7 Å². The molecule has 1 aliphatic carbocycles. The van der Waals surface area contributed by atoms with Crippen LogP contribution in [0.3, 0.4) is 0 Å². The van der Waals surface area contributed by atoms with Gasteiger partial charge in [-0.2, -0.15) is 0 Å². The summed E-state index contributed by atoms with van der Waals surface area (Å²) in [6, 6.07) is 7.44. The van der Waals surface area contributed by atoms with Gasteiger partial charge >= 0.3 is 0 Å². The monoisotopic (exact) mass is 249 g/mol. The molecule has 1 aliphatic rings. The van der Waals surface area contributed by atoms with Crippen molar-refractivity contribution in [3.8, 4) is 11.5 Å². The second-order valence-electron chi connectivity index (χ2n) is 4.67. The summed E-state index contributed by atoms with van der Waals surface area (Å²) in [5.41, 5.74) is 0. The molecule has 0 heterocycles. The maximum Gasteiger partial charge on any atom is 0.223 e. The van der Waals surface area contributed by atoms with Crippen LogP contribution in [0.2, 0.25) is 0 Å². The molecule has 0 unspecified atom stereocenters. The predicted octanol–water partition coefficient (Wildman–Crippen LogP) is 1.99. The van der Waals surface area contributed by atoms with E-state index < -0.39 is 0 Å². The lowest BCUT2D eigenvalue weighted by Crippen LogP contribution is -2.37. The summed E-state index contributed by atoms with van der Waals surface area (Å²) in [6.07, 6.45) is 2.05. The maximum atomic E-state index is 11.5. The van der Waals surface area contributed by atoms with Gasteiger partial charge in [0.15, 0.2) is 0 Å². The van der Waals surface area contributed by atoms with E-state index in [9.17, 15) is 4.79 Å². The van der Waals surface area contributed by atoms with Crippen LogP contribution in [0.1, 0.15) is 19.8 Å². The van der Waals surface area contributed by atoms with Crippen LogP contribution in [0.15, 0.2) is 24.3 Å². The Balaban J connectivity index is 1.73. The molecular formula is C14H19NO3. The fourth-order valence-electron chi connectivity index (χ4n) is 1.64. The number of nitrogens with one attached hydrogen (secondary N) is 1. The summed E-state index contributed by atoms with van der Waals surface area (Å²) < 4.78 is 10.7. The summed E-state index contributed by atoms with van der Waals surface area (Å²) in [4.78, 5) is 11.5. The highest BCUT2D eigenvalue weighted by Crippen LogP contribution is 2.28. The molecule has 1 N–H and O–H groups in total. The van der Waals surface area contributed by atoms with E-state index in [1.807, 2.05) is 31.2 Å². The van der Waals surface area contributed by atoms with Gasteiger partial charge in [-0.15, -0.1) is 0 Å². The number of benzene rings is 1. The lowest BCUT2D eigenvalue weighted by molar-refractivity contribution is -0.123. The van der Waals surface area contributed by atoms with E-state index in [0.717, 1.165) is 24.3 Å². The highest BCUT2D eigenvalue weighted by atomic mass is 16.5. The zero-order chi connectivity index (χ0) is 13.0. The molecule has 4 heteroatoms. The van der Waals surface area contributed by atoms with E-state index >= 15 is 0 Å². The minimum atomic E-state index is 0.0280. The van der Waals surface area contributed by atoms with E-state index in [-0.39, 0.29) is 17.9 Å². The van der Waals surface area contributed by atoms with Crippen molar-refractivity contribution in [2.45, 2.75) is 25.8 Å². The van der Waals surface area contributed by atoms with E-state index in [1.54, 1.807) is 7.11 Å². The van der Waals surface area contributed by atoms with Crippen LogP contribution in [0, 0.1) is 5.92 Å². The van der Waals surface area contributed by atoms with Crippen LogP contribution in [-0.4, -0.2) is 25.7 Å². The van der Waals surface area contributed by atoms with Gasteiger partial charge in [-0.1, -0.05) is 0 Å². The second-order valence-corrected chi connectivity index (χ2v) is 4.67. The highest BCUT2D eigenvalue weighted by Gasteiger charge is 2.30. The lowest BCUT2D eigenvalue weighted by Gasteiger charge is -2.15. The van der Waals surface area contributed by atoms with Crippen LogP contribution >= 0.6 is 0 Å². The van der Waals surface area contributed by atoms with E-state index in [0.29, 0.717) is 6.61 Å². The van der Waals surface area contributed by atoms with Crippen LogP contribution in [0.5, 0.6) is 11.5 Å². The van der Waals surface area contributed by atoms with Crippen molar-refractivity contribution in [2.24, 2.45) is 5.92 Å². The maximum absolute atomic E-state index is 11.5. The number of ether oxygens (including phenoxy) is 2. The largest absolute Gasteiger partial charge is 0.497 e. The molecule has 0 spiro atoms. The Morgan fingerprint density at radius 1 is 1.33 bits per heavy atom. The molecule has 18 heavy (non-hydrogen) atoms. The number of rotatable bonds is 6. The topological polar surface area (TPSA) is 47.6 Å². The van der Waals surface area contributed by atoms with E-state index in [4.69, 9.17) is 9.47 Å². The third kappa shape index (κ3) is 3.65. The fraction of sp³-hybridized carbons (Fsp3) is 0.500. The molecule has 1 saturated carbocycles. The molecule has 98 valence electrons. The summed E-state index contributed by atoms with van der Waals surface area (Å²) in [5, 5.41) is 2.95. The van der Waals surface area contributed by atoms with Crippen molar-refractivity contribution in [3.63, 3.8) is 0 Å². The number of carbonyl (C=O) groups excluding carboxylic acids is 1. The highest BCUT2D eigenvalue weighted by molar-refractivity contribution is 5.81. The van der Waals surface area contributed by atoms with Gasteiger partial charge in [0.2, 0.25) is 5.91 Å². The van der Waals surface area contributed by atoms with Crippen molar-refractivity contribution in [1.29, 1.82) is 0 Å². The molecule has 0 radical (unpaired) electrons. The molecule has 1 atom stereocenters. The summed E-state index contributed by atoms with van der Waals surface area (Å²) in [6.45, 7) is 2.43. The molecular weight excluding hydrogens is 230 g/mol. The van der Waals surface area contributed by atoms with Crippen LogP contribution in [0.4, 0.5) is 0 Å². The fourth-order valence-corrected chi connectivity index (χ4v) is 1.64. The summed E-state index contributed by atoms with van der Waals surface area (Å²) in [5.74, 6) is 1.98. The molecule has 1 aromatic carbocycles. The van der Waals surface area contributed by atoms with Gasteiger partial charge in [-0.25, -0.2) is 0 Å². The number of methoxy groups -OCH3 is 1. The van der Waals surface area contributed by atoms with Gasteiger partial charge in [-0.05, 0) is 44.0 Å². The van der Waals surface area contributed by atoms with Crippen molar-refractivity contribution < 1.29 is 14.3 Å². The minimum Gasteiger partial charge on any atom is -0.497 e. The van der Waals surface area contributed by atoms with Crippen LogP contribution in [0.25, 0.3) is 0 Å². The van der Waals surface area contributed by atoms with E-state index in [1.165, 1.54) is 0 Å². The predicted molar refractivity (Wildman–Crippen MR) is 68.8 cm³/mol. The molecule has 0 aliphatic heterocycles. The number of hydrogen-bond acceptors (Lipinski definition) is 3. The van der Waals surface area contributed by atoms with Crippen molar-refractivity contribution in [1.82, 2.24) is 5.32 Å². The second kappa shape index (κ2) is 5.76. The van der Waals surface area contributed by atoms with Gasteiger partial charge in [0.25, 0.3) is 0 Å². The Hall–Kier alpha value is -1.71. The average molecular weight is 249 g/mol. The Kier molecular flexibility index (Phi) is 4.07. The average Bonchev–Trinajstić information content (AvgIpc) is 3.21. The summed E-state index contributed by atoms with van der Waals surface area (Å²) >= 11 is 0. The third-order valence-electron chi connectivity index (χ3n) is 2.90. The Morgan fingerprint density at radius 2 is 1.94 bits per heavy atom. The van der Waals surface area contributed by atoms with Crippen LogP contribution in [-0.2, 0) is 4.79 Å². The molecule has 2 rings (SSSR count). The smallest absolute Gasteiger partial charge is 0.223 e. The SMILES string of the molecule is COc1ccc(OC[C@@H](C)NC(=O)C2CC2)cc1. The van der Waals surface area contributed by atoms with Crippen LogP contribution < -0.4 is 14.8 Å². The zero-order valence-corrected chi connectivity index (χ0v) is 10.8. The molecule has 0 saturated heterocycles. The number of amides is 1. The molecule has 1 aromatic rings. The Morgan fingerprint density at radius 3 is 2.50 bits per heavy atom. The van der Waals surface area contributed by atoms with Gasteiger partial charge < -0.3 is 14.8 Å². The third-order valence-corrected chi connectivity index (χ3v) is 2.90. The van der Waals surface area contributed by atoms with Gasteiger partial charge in [0.1, 0.15) is 18.1 Å². The van der Waals surface area contributed by atoms with E-state index in [2.05, 4.69) is 5.32 Å². The normalized spacial score (nSPS) is 15.9.